The van der Waals surface area contributed by atoms with E-state index in [1.54, 1.807) is 33.7 Å². The Morgan fingerprint density at radius 3 is 1.91 bits per heavy atom. The zero-order chi connectivity index (χ0) is 16.2. The van der Waals surface area contributed by atoms with Gasteiger partial charge in [0, 0.05) is 22.9 Å². The maximum Gasteiger partial charge on any atom is 0.329 e. The van der Waals surface area contributed by atoms with E-state index in [-0.39, 0.29) is 6.03 Å². The average molecular weight is 322 g/mol. The lowest BCUT2D eigenvalue weighted by molar-refractivity contribution is 0.217. The minimum Gasteiger partial charge on any atom is -0.317 e. The number of para-hydroxylation sites is 2. The number of carbonyl (C=O) groups excluding carboxylic acids is 1. The Labute approximate surface area is 140 Å². The summed E-state index contributed by atoms with van der Waals surface area (Å²) in [7, 11) is 0. The van der Waals surface area contributed by atoms with Crippen LogP contribution in [0.1, 0.15) is 0 Å². The summed E-state index contributed by atoms with van der Waals surface area (Å²) in [6.45, 7) is 8.47. The van der Waals surface area contributed by atoms with E-state index < -0.39 is 0 Å². The standard InChI is InChI=1S/C19H18N2OS/c1-3-13-20(14-4-2)19(22)21-15-9-5-7-11-17(15)23-18-12-8-6-10-16(18)21/h3-12H,1-2,13-14H2. The van der Waals surface area contributed by atoms with Crippen LogP contribution in [0.4, 0.5) is 16.2 Å². The molecule has 0 radical (unpaired) electrons. The van der Waals surface area contributed by atoms with E-state index in [9.17, 15) is 4.79 Å². The first-order valence-corrected chi connectivity index (χ1v) is 8.24. The molecule has 0 atom stereocenters. The first-order chi connectivity index (χ1) is 11.3. The molecule has 1 aliphatic heterocycles. The van der Waals surface area contributed by atoms with Gasteiger partial charge in [0.1, 0.15) is 0 Å². The van der Waals surface area contributed by atoms with Crippen LogP contribution in [0.5, 0.6) is 0 Å². The van der Waals surface area contributed by atoms with Gasteiger partial charge < -0.3 is 4.90 Å². The zero-order valence-corrected chi connectivity index (χ0v) is 13.6. The van der Waals surface area contributed by atoms with Gasteiger partial charge in [-0.05, 0) is 24.3 Å². The topological polar surface area (TPSA) is 23.6 Å². The van der Waals surface area contributed by atoms with Gasteiger partial charge in [0.2, 0.25) is 0 Å². The normalized spacial score (nSPS) is 12.1. The molecule has 23 heavy (non-hydrogen) atoms. The van der Waals surface area contributed by atoms with Crippen LogP contribution in [0.3, 0.4) is 0 Å². The third kappa shape index (κ3) is 2.90. The third-order valence-electron chi connectivity index (χ3n) is 3.59. The number of amides is 2. The smallest absolute Gasteiger partial charge is 0.317 e. The van der Waals surface area contributed by atoms with Gasteiger partial charge in [0.15, 0.2) is 0 Å². The molecule has 0 unspecified atom stereocenters. The highest BCUT2D eigenvalue weighted by Gasteiger charge is 2.30. The van der Waals surface area contributed by atoms with E-state index >= 15 is 0 Å². The van der Waals surface area contributed by atoms with Crippen LogP contribution < -0.4 is 4.90 Å². The lowest BCUT2D eigenvalue weighted by Gasteiger charge is -2.34. The van der Waals surface area contributed by atoms with Gasteiger partial charge in [-0.25, -0.2) is 4.79 Å². The second-order valence-electron chi connectivity index (χ2n) is 5.14. The summed E-state index contributed by atoms with van der Waals surface area (Å²) in [5.41, 5.74) is 1.83. The fourth-order valence-corrected chi connectivity index (χ4v) is 3.65. The van der Waals surface area contributed by atoms with Crippen molar-refractivity contribution in [2.75, 3.05) is 18.0 Å². The number of carbonyl (C=O) groups is 1. The van der Waals surface area contributed by atoms with Crippen molar-refractivity contribution in [3.63, 3.8) is 0 Å². The monoisotopic (exact) mass is 322 g/mol. The van der Waals surface area contributed by atoms with Crippen LogP contribution in [0.2, 0.25) is 0 Å². The summed E-state index contributed by atoms with van der Waals surface area (Å²) in [5.74, 6) is 0. The van der Waals surface area contributed by atoms with Crippen molar-refractivity contribution in [2.24, 2.45) is 0 Å². The molecule has 0 fully saturated rings. The summed E-state index contributed by atoms with van der Waals surface area (Å²) < 4.78 is 0. The molecule has 2 aromatic rings. The maximum absolute atomic E-state index is 13.2. The Morgan fingerprint density at radius 2 is 1.43 bits per heavy atom. The molecule has 0 saturated carbocycles. The second-order valence-corrected chi connectivity index (χ2v) is 6.22. The quantitative estimate of drug-likeness (QED) is 0.733. The Kier molecular flexibility index (Phi) is 4.53. The Morgan fingerprint density at radius 1 is 0.957 bits per heavy atom. The number of hydrogen-bond donors (Lipinski definition) is 0. The molecule has 0 aliphatic carbocycles. The molecule has 3 rings (SSSR count). The number of anilines is 2. The molecule has 0 bridgehead atoms. The van der Waals surface area contributed by atoms with Crippen molar-refractivity contribution in [2.45, 2.75) is 9.79 Å². The molecule has 0 N–H and O–H groups in total. The van der Waals surface area contributed by atoms with Crippen LogP contribution in [0, 0.1) is 0 Å². The summed E-state index contributed by atoms with van der Waals surface area (Å²) in [6.07, 6.45) is 3.47. The predicted octanol–water partition coefficient (Wildman–Crippen LogP) is 5.08. The third-order valence-corrected chi connectivity index (χ3v) is 4.72. The lowest BCUT2D eigenvalue weighted by atomic mass is 10.2. The van der Waals surface area contributed by atoms with Crippen molar-refractivity contribution in [3.05, 3.63) is 73.8 Å². The van der Waals surface area contributed by atoms with E-state index in [1.807, 2.05) is 48.5 Å². The Bertz CT molecular complexity index is 701. The van der Waals surface area contributed by atoms with Gasteiger partial charge in [-0.2, -0.15) is 0 Å². The molecule has 0 saturated heterocycles. The summed E-state index contributed by atoms with van der Waals surface area (Å²) in [5, 5.41) is 0. The van der Waals surface area contributed by atoms with E-state index in [0.29, 0.717) is 13.1 Å². The predicted molar refractivity (Wildman–Crippen MR) is 96.5 cm³/mol. The van der Waals surface area contributed by atoms with Gasteiger partial charge in [-0.15, -0.1) is 13.2 Å². The molecule has 0 spiro atoms. The minimum absolute atomic E-state index is 0.0648. The molecule has 1 heterocycles. The number of hydrogen-bond acceptors (Lipinski definition) is 2. The van der Waals surface area contributed by atoms with Gasteiger partial charge in [0.05, 0.1) is 11.4 Å². The van der Waals surface area contributed by atoms with Crippen molar-refractivity contribution >= 4 is 29.2 Å². The van der Waals surface area contributed by atoms with E-state index in [1.165, 1.54) is 0 Å². The second kappa shape index (κ2) is 6.75. The highest BCUT2D eigenvalue weighted by molar-refractivity contribution is 7.99. The zero-order valence-electron chi connectivity index (χ0n) is 12.8. The van der Waals surface area contributed by atoms with Crippen molar-refractivity contribution in [1.82, 2.24) is 4.90 Å². The van der Waals surface area contributed by atoms with Crippen LogP contribution in [0.25, 0.3) is 0 Å². The number of nitrogens with zero attached hydrogens (tertiary/aromatic N) is 2. The van der Waals surface area contributed by atoms with Gasteiger partial charge in [-0.1, -0.05) is 48.2 Å². The van der Waals surface area contributed by atoms with Crippen molar-refractivity contribution in [1.29, 1.82) is 0 Å². The molecule has 2 aromatic carbocycles. The van der Waals surface area contributed by atoms with Crippen molar-refractivity contribution in [3.8, 4) is 0 Å². The van der Waals surface area contributed by atoms with Gasteiger partial charge >= 0.3 is 6.03 Å². The van der Waals surface area contributed by atoms with Crippen LogP contribution in [-0.2, 0) is 0 Å². The molecule has 0 aromatic heterocycles. The lowest BCUT2D eigenvalue weighted by Crippen LogP contribution is -2.42. The SMILES string of the molecule is C=CCN(CC=C)C(=O)N1c2ccccc2Sc2ccccc21. The Balaban J connectivity index is 2.08. The van der Waals surface area contributed by atoms with E-state index in [0.717, 1.165) is 21.2 Å². The molecule has 2 amide bonds. The molecule has 116 valence electrons. The molecule has 3 nitrogen and oxygen atoms in total. The number of fused-ring (bicyclic) bond motifs is 2. The molecule has 1 aliphatic rings. The minimum atomic E-state index is -0.0648. The summed E-state index contributed by atoms with van der Waals surface area (Å²) in [4.78, 5) is 18.8. The van der Waals surface area contributed by atoms with Crippen molar-refractivity contribution < 1.29 is 4.79 Å². The fraction of sp³-hybridized carbons (Fsp3) is 0.105. The number of benzene rings is 2. The first-order valence-electron chi connectivity index (χ1n) is 7.43. The first kappa shape index (κ1) is 15.4. The van der Waals surface area contributed by atoms with E-state index in [2.05, 4.69) is 13.2 Å². The van der Waals surface area contributed by atoms with E-state index in [4.69, 9.17) is 0 Å². The van der Waals surface area contributed by atoms with Crippen LogP contribution in [-0.4, -0.2) is 24.0 Å². The molecular formula is C19H18N2OS. The highest BCUT2D eigenvalue weighted by atomic mass is 32.2. The maximum atomic E-state index is 13.2. The number of urea groups is 1. The summed E-state index contributed by atoms with van der Waals surface area (Å²) >= 11 is 1.69. The van der Waals surface area contributed by atoms with Crippen LogP contribution in [0.15, 0.2) is 83.6 Å². The average Bonchev–Trinajstić information content (AvgIpc) is 2.59. The van der Waals surface area contributed by atoms with Gasteiger partial charge in [0.25, 0.3) is 0 Å². The number of rotatable bonds is 4. The fourth-order valence-electron chi connectivity index (χ4n) is 2.59. The molecule has 4 heteroatoms. The van der Waals surface area contributed by atoms with Gasteiger partial charge in [-0.3, -0.25) is 4.90 Å². The highest BCUT2D eigenvalue weighted by Crippen LogP contribution is 2.48. The largest absolute Gasteiger partial charge is 0.329 e. The Hall–Kier alpha value is -2.46. The molecular weight excluding hydrogens is 304 g/mol. The van der Waals surface area contributed by atoms with Crippen LogP contribution >= 0.6 is 11.8 Å². The summed E-state index contributed by atoms with van der Waals surface area (Å²) in [6, 6.07) is 15.9.